The molecule has 4 rings (SSSR count). The maximum absolute atomic E-state index is 9.62. The minimum Gasteiger partial charge on any atom is -0.396 e. The Balaban J connectivity index is 1.54. The summed E-state index contributed by atoms with van der Waals surface area (Å²) in [5, 5.41) is 15.9. The van der Waals surface area contributed by atoms with Gasteiger partial charge in [0.25, 0.3) is 0 Å². The van der Waals surface area contributed by atoms with Gasteiger partial charge in [0.05, 0.1) is 12.3 Å². The summed E-state index contributed by atoms with van der Waals surface area (Å²) in [7, 11) is 0. The van der Waals surface area contributed by atoms with Gasteiger partial charge in [0, 0.05) is 48.5 Å². The third-order valence-electron chi connectivity index (χ3n) is 6.03. The number of aliphatic hydroxyl groups excluding tert-OH is 1. The van der Waals surface area contributed by atoms with Gasteiger partial charge in [-0.15, -0.1) is 0 Å². The molecule has 1 aromatic heterocycles. The van der Waals surface area contributed by atoms with Gasteiger partial charge in [-0.05, 0) is 54.7 Å². The monoisotopic (exact) mass is 449 g/mol. The van der Waals surface area contributed by atoms with Gasteiger partial charge >= 0.3 is 0 Å². The summed E-state index contributed by atoms with van der Waals surface area (Å²) in [5.41, 5.74) is 4.51. The fourth-order valence-electron chi connectivity index (χ4n) is 4.24. The van der Waals surface area contributed by atoms with Crippen molar-refractivity contribution in [2.75, 3.05) is 18.5 Å². The number of thiocarbonyl (C=S) groups is 1. The van der Waals surface area contributed by atoms with Crippen LogP contribution in [-0.2, 0) is 24.3 Å². The zero-order valence-electron chi connectivity index (χ0n) is 18.6. The lowest BCUT2D eigenvalue weighted by molar-refractivity contribution is 0.115. The number of hydrogen-bond acceptors (Lipinski definition) is 4. The minimum atomic E-state index is 0.146. The van der Waals surface area contributed by atoms with E-state index in [0.29, 0.717) is 18.1 Å². The number of ether oxygens (including phenoxy) is 1. The summed E-state index contributed by atoms with van der Waals surface area (Å²) < 4.78 is 5.76. The van der Waals surface area contributed by atoms with Crippen LogP contribution in [0.3, 0.4) is 0 Å². The Bertz CT molecular complexity index is 1070. The van der Waals surface area contributed by atoms with E-state index in [1.807, 2.05) is 12.3 Å². The number of fused-ring (bicyclic) bond motifs is 2. The zero-order valence-corrected chi connectivity index (χ0v) is 19.4. The van der Waals surface area contributed by atoms with E-state index in [0.717, 1.165) is 54.6 Å². The summed E-state index contributed by atoms with van der Waals surface area (Å²) >= 11 is 5.86. The first-order valence-electron chi connectivity index (χ1n) is 11.4. The third-order valence-corrected chi connectivity index (χ3v) is 6.37. The van der Waals surface area contributed by atoms with Gasteiger partial charge < -0.3 is 20.1 Å². The number of aliphatic hydroxyl groups is 1. The molecule has 1 aliphatic heterocycles. The molecule has 1 unspecified atom stereocenters. The smallest absolute Gasteiger partial charge is 0.174 e. The fourth-order valence-corrected chi connectivity index (χ4v) is 4.57. The summed E-state index contributed by atoms with van der Waals surface area (Å²) in [6.07, 6.45) is 5.65. The summed E-state index contributed by atoms with van der Waals surface area (Å²) in [5.74, 6) is 0. The van der Waals surface area contributed by atoms with Crippen LogP contribution in [0, 0.1) is 0 Å². The molecule has 32 heavy (non-hydrogen) atoms. The standard InChI is InChI=1S/C26H31N3O2S/c1-2-3-13-31-18-22-15-24-20(16-27-22)9-6-10-25(24)28-26(32)29-17-21-8-5-4-7-19(21)14-23(29)11-12-30/h4-10,15-16,23,30H,2-3,11-14,17-18H2,1H3,(H,28,32). The highest BCUT2D eigenvalue weighted by molar-refractivity contribution is 7.80. The zero-order chi connectivity index (χ0) is 22.3. The Morgan fingerprint density at radius 1 is 1.22 bits per heavy atom. The third kappa shape index (κ3) is 5.26. The number of pyridine rings is 1. The van der Waals surface area contributed by atoms with Crippen molar-refractivity contribution < 1.29 is 9.84 Å². The Morgan fingerprint density at radius 3 is 2.88 bits per heavy atom. The topological polar surface area (TPSA) is 57.6 Å². The van der Waals surface area contributed by atoms with Crippen LogP contribution < -0.4 is 5.32 Å². The molecule has 5 nitrogen and oxygen atoms in total. The fraction of sp³-hybridized carbons (Fsp3) is 0.385. The van der Waals surface area contributed by atoms with Crippen molar-refractivity contribution in [1.82, 2.24) is 9.88 Å². The number of aromatic nitrogens is 1. The molecular formula is C26H31N3O2S. The second kappa shape index (κ2) is 10.9. The Kier molecular flexibility index (Phi) is 7.68. The van der Waals surface area contributed by atoms with Crippen LogP contribution in [0.2, 0.25) is 0 Å². The van der Waals surface area contributed by atoms with Gasteiger partial charge in [-0.1, -0.05) is 49.7 Å². The van der Waals surface area contributed by atoms with Gasteiger partial charge in [-0.3, -0.25) is 4.98 Å². The molecule has 0 radical (unpaired) electrons. The Hall–Kier alpha value is -2.54. The van der Waals surface area contributed by atoms with Crippen molar-refractivity contribution in [2.24, 2.45) is 0 Å². The highest BCUT2D eigenvalue weighted by Crippen LogP contribution is 2.28. The normalized spacial score (nSPS) is 15.6. The molecule has 0 spiro atoms. The first kappa shape index (κ1) is 22.6. The molecule has 3 aromatic rings. The first-order valence-corrected chi connectivity index (χ1v) is 11.8. The molecule has 0 saturated carbocycles. The molecule has 168 valence electrons. The van der Waals surface area contributed by atoms with Crippen molar-refractivity contribution in [3.8, 4) is 0 Å². The highest BCUT2D eigenvalue weighted by atomic mass is 32.1. The number of benzene rings is 2. The second-order valence-corrected chi connectivity index (χ2v) is 8.69. The van der Waals surface area contributed by atoms with E-state index < -0.39 is 0 Å². The molecule has 1 atom stereocenters. The lowest BCUT2D eigenvalue weighted by atomic mass is 9.93. The molecule has 2 N–H and O–H groups in total. The Labute approximate surface area is 195 Å². The lowest BCUT2D eigenvalue weighted by Gasteiger charge is -2.38. The molecule has 0 saturated heterocycles. The van der Waals surface area contributed by atoms with E-state index in [2.05, 4.69) is 64.6 Å². The molecule has 0 aliphatic carbocycles. The summed E-state index contributed by atoms with van der Waals surface area (Å²) in [6, 6.07) is 16.9. The van der Waals surface area contributed by atoms with Gasteiger partial charge in [0.15, 0.2) is 5.11 Å². The van der Waals surface area contributed by atoms with E-state index >= 15 is 0 Å². The molecule has 1 aliphatic rings. The molecular weight excluding hydrogens is 418 g/mol. The maximum Gasteiger partial charge on any atom is 0.174 e. The van der Waals surface area contributed by atoms with E-state index in [1.165, 1.54) is 11.1 Å². The van der Waals surface area contributed by atoms with E-state index in [1.54, 1.807) is 0 Å². The maximum atomic E-state index is 9.62. The van der Waals surface area contributed by atoms with Crippen LogP contribution in [0.15, 0.2) is 54.7 Å². The average molecular weight is 450 g/mol. The molecule has 0 fully saturated rings. The van der Waals surface area contributed by atoms with E-state index in [-0.39, 0.29) is 12.6 Å². The highest BCUT2D eigenvalue weighted by Gasteiger charge is 2.27. The van der Waals surface area contributed by atoms with Crippen molar-refractivity contribution >= 4 is 33.8 Å². The van der Waals surface area contributed by atoms with Crippen LogP contribution in [-0.4, -0.2) is 39.4 Å². The van der Waals surface area contributed by atoms with Crippen LogP contribution >= 0.6 is 12.2 Å². The van der Waals surface area contributed by atoms with Crippen LogP contribution in [0.25, 0.3) is 10.8 Å². The lowest BCUT2D eigenvalue weighted by Crippen LogP contribution is -2.46. The number of nitrogens with one attached hydrogen (secondary N) is 1. The molecule has 0 bridgehead atoms. The predicted octanol–water partition coefficient (Wildman–Crippen LogP) is 5.06. The van der Waals surface area contributed by atoms with Crippen molar-refractivity contribution in [3.05, 3.63) is 71.5 Å². The average Bonchev–Trinajstić information content (AvgIpc) is 2.82. The SMILES string of the molecule is CCCCOCc1cc2c(NC(=S)N3Cc4ccccc4CC3CCO)cccc2cn1. The largest absolute Gasteiger partial charge is 0.396 e. The van der Waals surface area contributed by atoms with Gasteiger partial charge in [0.2, 0.25) is 0 Å². The second-order valence-electron chi connectivity index (χ2n) is 8.31. The van der Waals surface area contributed by atoms with Gasteiger partial charge in [-0.25, -0.2) is 0 Å². The van der Waals surface area contributed by atoms with Gasteiger partial charge in [0.1, 0.15) is 0 Å². The molecule has 6 heteroatoms. The first-order chi connectivity index (χ1) is 15.7. The molecule has 0 amide bonds. The van der Waals surface area contributed by atoms with E-state index in [9.17, 15) is 5.11 Å². The van der Waals surface area contributed by atoms with Crippen molar-refractivity contribution in [1.29, 1.82) is 0 Å². The number of hydrogen-bond donors (Lipinski definition) is 2. The minimum absolute atomic E-state index is 0.146. The number of rotatable bonds is 8. The quantitative estimate of drug-likeness (QED) is 0.370. The number of nitrogens with zero attached hydrogens (tertiary/aromatic N) is 2. The van der Waals surface area contributed by atoms with Gasteiger partial charge in [-0.2, -0.15) is 0 Å². The summed E-state index contributed by atoms with van der Waals surface area (Å²) in [6.45, 7) is 4.31. The van der Waals surface area contributed by atoms with Crippen molar-refractivity contribution in [2.45, 2.75) is 51.8 Å². The van der Waals surface area contributed by atoms with Crippen LogP contribution in [0.5, 0.6) is 0 Å². The molecule has 2 heterocycles. The van der Waals surface area contributed by atoms with Crippen LogP contribution in [0.1, 0.15) is 43.0 Å². The summed E-state index contributed by atoms with van der Waals surface area (Å²) in [4.78, 5) is 6.76. The van der Waals surface area contributed by atoms with Crippen molar-refractivity contribution in [3.63, 3.8) is 0 Å². The van der Waals surface area contributed by atoms with Crippen LogP contribution in [0.4, 0.5) is 5.69 Å². The number of unbranched alkanes of at least 4 members (excludes halogenated alkanes) is 1. The molecule has 2 aromatic carbocycles. The number of anilines is 1. The van der Waals surface area contributed by atoms with E-state index in [4.69, 9.17) is 17.0 Å². The predicted molar refractivity (Wildman–Crippen MR) is 134 cm³/mol. The Morgan fingerprint density at radius 2 is 2.06 bits per heavy atom.